The van der Waals surface area contributed by atoms with Crippen LogP contribution in [0.1, 0.15) is 67.8 Å². The first-order valence-electron chi connectivity index (χ1n) is 11.0. The molecule has 0 spiro atoms. The van der Waals surface area contributed by atoms with Crippen molar-refractivity contribution in [2.75, 3.05) is 13.2 Å². The van der Waals surface area contributed by atoms with Crippen LogP contribution in [0, 0.1) is 23.2 Å². The SMILES string of the molecule is CCCc1ccc(C(=O)COC(=O)CNC(=O)C23CC4CC(CC(C4)C2)C3)cc1. The normalized spacial score (nSPS) is 29.5. The molecule has 4 saturated carbocycles. The van der Waals surface area contributed by atoms with Crippen molar-refractivity contribution in [3.05, 3.63) is 35.4 Å². The smallest absolute Gasteiger partial charge is 0.325 e. The Labute approximate surface area is 172 Å². The van der Waals surface area contributed by atoms with Gasteiger partial charge in [0.25, 0.3) is 0 Å². The predicted molar refractivity (Wildman–Crippen MR) is 109 cm³/mol. The van der Waals surface area contributed by atoms with Crippen molar-refractivity contribution < 1.29 is 19.1 Å². The first kappa shape index (κ1) is 20.1. The molecule has 0 unspecified atom stereocenters. The molecule has 5 heteroatoms. The molecule has 5 rings (SSSR count). The molecule has 4 bridgehead atoms. The molecule has 1 N–H and O–H groups in total. The van der Waals surface area contributed by atoms with Gasteiger partial charge in [-0.2, -0.15) is 0 Å². The molecule has 156 valence electrons. The highest BCUT2D eigenvalue weighted by atomic mass is 16.5. The number of esters is 1. The van der Waals surface area contributed by atoms with Crippen LogP contribution in [0.5, 0.6) is 0 Å². The molecule has 1 amide bonds. The topological polar surface area (TPSA) is 72.5 Å². The summed E-state index contributed by atoms with van der Waals surface area (Å²) in [6, 6.07) is 7.42. The van der Waals surface area contributed by atoms with Crippen molar-refractivity contribution in [2.24, 2.45) is 23.2 Å². The number of benzene rings is 1. The van der Waals surface area contributed by atoms with Crippen molar-refractivity contribution in [3.8, 4) is 0 Å². The molecule has 5 nitrogen and oxygen atoms in total. The van der Waals surface area contributed by atoms with Gasteiger partial charge < -0.3 is 10.1 Å². The number of ether oxygens (including phenoxy) is 1. The van der Waals surface area contributed by atoms with E-state index in [1.54, 1.807) is 12.1 Å². The molecule has 0 aromatic heterocycles. The Kier molecular flexibility index (Phi) is 5.75. The minimum atomic E-state index is -0.556. The maximum atomic E-state index is 12.9. The van der Waals surface area contributed by atoms with Gasteiger partial charge in [0, 0.05) is 11.0 Å². The maximum absolute atomic E-state index is 12.9. The zero-order valence-electron chi connectivity index (χ0n) is 17.2. The van der Waals surface area contributed by atoms with Crippen LogP contribution < -0.4 is 5.32 Å². The lowest BCUT2D eigenvalue weighted by Crippen LogP contribution is -2.54. The number of carbonyl (C=O) groups is 3. The molecule has 1 aromatic rings. The number of hydrogen-bond acceptors (Lipinski definition) is 4. The van der Waals surface area contributed by atoms with Crippen LogP contribution in [0.3, 0.4) is 0 Å². The van der Waals surface area contributed by atoms with E-state index < -0.39 is 5.97 Å². The highest BCUT2D eigenvalue weighted by Crippen LogP contribution is 2.60. The average molecular weight is 398 g/mol. The summed E-state index contributed by atoms with van der Waals surface area (Å²) >= 11 is 0. The van der Waals surface area contributed by atoms with Crippen LogP contribution in [0.2, 0.25) is 0 Å². The molecule has 1 aromatic carbocycles. The summed E-state index contributed by atoms with van der Waals surface area (Å²) < 4.78 is 5.10. The van der Waals surface area contributed by atoms with Crippen molar-refractivity contribution in [2.45, 2.75) is 58.3 Å². The van der Waals surface area contributed by atoms with Gasteiger partial charge in [-0.25, -0.2) is 0 Å². The minimum Gasteiger partial charge on any atom is -0.456 e. The van der Waals surface area contributed by atoms with Gasteiger partial charge in [0.05, 0.1) is 0 Å². The number of Topliss-reactive ketones (excluding diaryl/α,β-unsaturated/α-hetero) is 1. The summed E-state index contributed by atoms with van der Waals surface area (Å²) in [5.41, 5.74) is 1.45. The highest BCUT2D eigenvalue weighted by Gasteiger charge is 2.54. The van der Waals surface area contributed by atoms with E-state index in [0.29, 0.717) is 23.3 Å². The molecular formula is C24H31NO4. The molecule has 0 atom stereocenters. The van der Waals surface area contributed by atoms with Crippen LogP contribution in [0.15, 0.2) is 24.3 Å². The Hall–Kier alpha value is -2.17. The van der Waals surface area contributed by atoms with Gasteiger partial charge in [-0.05, 0) is 68.3 Å². The first-order valence-corrected chi connectivity index (χ1v) is 11.0. The van der Waals surface area contributed by atoms with Gasteiger partial charge in [-0.3, -0.25) is 14.4 Å². The number of amides is 1. The van der Waals surface area contributed by atoms with Gasteiger partial charge in [-0.1, -0.05) is 37.6 Å². The molecule has 29 heavy (non-hydrogen) atoms. The standard InChI is InChI=1S/C24H31NO4/c1-2-3-16-4-6-20(7-5-16)21(26)15-29-22(27)14-25-23(28)24-11-17-8-18(12-24)10-19(9-17)13-24/h4-7,17-19H,2-3,8-15H2,1H3,(H,25,28). The van der Waals surface area contributed by atoms with Gasteiger partial charge in [0.1, 0.15) is 6.54 Å². The van der Waals surface area contributed by atoms with E-state index in [4.69, 9.17) is 4.74 Å². The molecular weight excluding hydrogens is 366 g/mol. The Bertz CT molecular complexity index is 747. The number of nitrogens with one attached hydrogen (secondary N) is 1. The summed E-state index contributed by atoms with van der Waals surface area (Å²) in [5.74, 6) is 1.26. The second kappa shape index (κ2) is 8.29. The summed E-state index contributed by atoms with van der Waals surface area (Å²) in [7, 11) is 0. The summed E-state index contributed by atoms with van der Waals surface area (Å²) in [5, 5.41) is 2.80. The quantitative estimate of drug-likeness (QED) is 0.536. The van der Waals surface area contributed by atoms with E-state index in [9.17, 15) is 14.4 Å². The zero-order valence-corrected chi connectivity index (χ0v) is 17.2. The van der Waals surface area contributed by atoms with Crippen LogP contribution >= 0.6 is 0 Å². The summed E-state index contributed by atoms with van der Waals surface area (Å²) in [6.07, 6.45) is 8.75. The fourth-order valence-corrected chi connectivity index (χ4v) is 6.16. The van der Waals surface area contributed by atoms with Gasteiger partial charge in [-0.15, -0.1) is 0 Å². The second-order valence-corrected chi connectivity index (χ2v) is 9.41. The number of hydrogen-bond donors (Lipinski definition) is 1. The van der Waals surface area contributed by atoms with E-state index >= 15 is 0 Å². The van der Waals surface area contributed by atoms with Gasteiger partial charge in [0.2, 0.25) is 5.91 Å². The number of aryl methyl sites for hydroxylation is 1. The van der Waals surface area contributed by atoms with Crippen molar-refractivity contribution in [1.29, 1.82) is 0 Å². The van der Waals surface area contributed by atoms with Crippen LogP contribution in [0.25, 0.3) is 0 Å². The third-order valence-electron chi connectivity index (χ3n) is 7.09. The fraction of sp³-hybridized carbons (Fsp3) is 0.625. The van der Waals surface area contributed by atoms with E-state index in [1.807, 2.05) is 12.1 Å². The van der Waals surface area contributed by atoms with E-state index in [1.165, 1.54) is 24.8 Å². The van der Waals surface area contributed by atoms with Crippen LogP contribution in [0.4, 0.5) is 0 Å². The molecule has 0 radical (unpaired) electrons. The third kappa shape index (κ3) is 4.39. The first-order chi connectivity index (χ1) is 14.0. The largest absolute Gasteiger partial charge is 0.456 e. The summed E-state index contributed by atoms with van der Waals surface area (Å²) in [6.45, 7) is 1.66. The second-order valence-electron chi connectivity index (χ2n) is 9.41. The highest BCUT2D eigenvalue weighted by molar-refractivity contribution is 5.98. The van der Waals surface area contributed by atoms with Gasteiger partial charge >= 0.3 is 5.97 Å². The van der Waals surface area contributed by atoms with Crippen LogP contribution in [-0.2, 0) is 20.7 Å². The molecule has 0 heterocycles. The zero-order chi connectivity index (χ0) is 20.4. The van der Waals surface area contributed by atoms with Crippen molar-refractivity contribution in [1.82, 2.24) is 5.32 Å². The number of ketones is 1. The lowest BCUT2D eigenvalue weighted by atomic mass is 9.49. The molecule has 0 aliphatic heterocycles. The average Bonchev–Trinajstić information content (AvgIpc) is 2.70. The monoisotopic (exact) mass is 397 g/mol. The van der Waals surface area contributed by atoms with E-state index in [0.717, 1.165) is 32.1 Å². The Balaban J connectivity index is 1.23. The van der Waals surface area contributed by atoms with E-state index in [2.05, 4.69) is 12.2 Å². The third-order valence-corrected chi connectivity index (χ3v) is 7.09. The molecule has 4 aliphatic rings. The van der Waals surface area contributed by atoms with Crippen LogP contribution in [-0.4, -0.2) is 30.8 Å². The molecule has 0 saturated heterocycles. The number of rotatable bonds is 8. The Morgan fingerprint density at radius 1 is 1.00 bits per heavy atom. The molecule has 4 aliphatic carbocycles. The van der Waals surface area contributed by atoms with Crippen molar-refractivity contribution >= 4 is 17.7 Å². The lowest BCUT2D eigenvalue weighted by molar-refractivity contribution is -0.150. The Morgan fingerprint density at radius 3 is 2.14 bits per heavy atom. The van der Waals surface area contributed by atoms with Crippen molar-refractivity contribution in [3.63, 3.8) is 0 Å². The van der Waals surface area contributed by atoms with E-state index in [-0.39, 0.29) is 30.3 Å². The lowest BCUT2D eigenvalue weighted by Gasteiger charge is -2.55. The number of carbonyl (C=O) groups excluding carboxylic acids is 3. The summed E-state index contributed by atoms with van der Waals surface area (Å²) in [4.78, 5) is 37.1. The van der Waals surface area contributed by atoms with Gasteiger partial charge in [0.15, 0.2) is 12.4 Å². The minimum absolute atomic E-state index is 0.00592. The fourth-order valence-electron chi connectivity index (χ4n) is 6.16. The Morgan fingerprint density at radius 2 is 1.59 bits per heavy atom. The molecule has 4 fully saturated rings. The maximum Gasteiger partial charge on any atom is 0.325 e. The predicted octanol–water partition coefficient (Wildman–Crippen LogP) is 3.70.